The van der Waals surface area contributed by atoms with Gasteiger partial charge in [-0.1, -0.05) is 6.92 Å². The molecule has 1 aromatic rings. The third-order valence-corrected chi connectivity index (χ3v) is 5.49. The normalized spacial score (nSPS) is 19.3. The van der Waals surface area contributed by atoms with Crippen molar-refractivity contribution in [3.05, 3.63) is 33.9 Å². The Hall–Kier alpha value is -2.70. The van der Waals surface area contributed by atoms with Crippen molar-refractivity contribution in [2.75, 3.05) is 13.2 Å². The Morgan fingerprint density at radius 1 is 1.11 bits per heavy atom. The number of aryl methyl sites for hydroxylation is 1. The van der Waals surface area contributed by atoms with Crippen molar-refractivity contribution >= 4 is 23.7 Å². The number of hydrogen-bond acceptors (Lipinski definition) is 5. The van der Waals surface area contributed by atoms with E-state index in [0.29, 0.717) is 12.0 Å². The molecule has 1 atom stereocenters. The highest BCUT2D eigenvalue weighted by molar-refractivity contribution is 6.08. The van der Waals surface area contributed by atoms with E-state index in [-0.39, 0.29) is 5.78 Å². The molecule has 0 bridgehead atoms. The number of ketones is 1. The fourth-order valence-corrected chi connectivity index (χ4v) is 3.03. The Morgan fingerprint density at radius 3 is 2.30 bits per heavy atom. The number of rotatable bonds is 6. The summed E-state index contributed by atoms with van der Waals surface area (Å²) in [6.07, 6.45) is 0.410. The van der Waals surface area contributed by atoms with E-state index in [9.17, 15) is 19.2 Å². The van der Waals surface area contributed by atoms with Gasteiger partial charge in [0.2, 0.25) is 5.78 Å². The number of esters is 1. The quantitative estimate of drug-likeness (QED) is 0.469. The molecule has 0 radical (unpaired) electrons. The van der Waals surface area contributed by atoms with Gasteiger partial charge in [0.1, 0.15) is 12.1 Å². The first-order chi connectivity index (χ1) is 12.5. The highest BCUT2D eigenvalue weighted by atomic mass is 16.5. The highest BCUT2D eigenvalue weighted by Gasteiger charge is 2.47. The number of Topliss-reactive ketones (excluding diaryl/α,β-unsaturated/α-hetero) is 1. The molecule has 146 valence electrons. The highest BCUT2D eigenvalue weighted by Crippen LogP contribution is 2.22. The van der Waals surface area contributed by atoms with Gasteiger partial charge >= 0.3 is 12.0 Å². The number of nitrogens with zero attached hydrogens (tertiary/aromatic N) is 1. The van der Waals surface area contributed by atoms with E-state index < -0.39 is 36.6 Å². The Bertz CT molecular complexity index is 830. The summed E-state index contributed by atoms with van der Waals surface area (Å²) in [6.45, 7) is 10.1. The summed E-state index contributed by atoms with van der Waals surface area (Å²) < 4.78 is 5.02. The van der Waals surface area contributed by atoms with Crippen molar-refractivity contribution in [3.8, 4) is 0 Å². The fraction of sp³-hybridized carbons (Fsp3) is 0.500. The lowest BCUT2D eigenvalue weighted by Crippen LogP contribution is -2.43. The molecule has 1 heterocycles. The molecule has 3 amide bonds. The van der Waals surface area contributed by atoms with Gasteiger partial charge in [-0.05, 0) is 69.4 Å². The van der Waals surface area contributed by atoms with Crippen molar-refractivity contribution in [1.29, 1.82) is 0 Å². The summed E-state index contributed by atoms with van der Waals surface area (Å²) in [6, 6.07) is 1.16. The van der Waals surface area contributed by atoms with E-state index >= 15 is 0 Å². The van der Waals surface area contributed by atoms with Crippen LogP contribution in [0.2, 0.25) is 0 Å². The third-order valence-electron chi connectivity index (χ3n) is 5.49. The summed E-state index contributed by atoms with van der Waals surface area (Å²) in [7, 11) is 0. The maximum atomic E-state index is 12.5. The topological polar surface area (TPSA) is 92.8 Å². The van der Waals surface area contributed by atoms with Gasteiger partial charge in [-0.3, -0.25) is 19.3 Å². The van der Waals surface area contributed by atoms with Gasteiger partial charge in [-0.15, -0.1) is 0 Å². The van der Waals surface area contributed by atoms with Gasteiger partial charge < -0.3 is 10.1 Å². The first-order valence-electron chi connectivity index (χ1n) is 8.92. The van der Waals surface area contributed by atoms with E-state index in [0.717, 1.165) is 27.2 Å². The summed E-state index contributed by atoms with van der Waals surface area (Å²) in [5.74, 6) is -1.59. The zero-order valence-corrected chi connectivity index (χ0v) is 16.7. The summed E-state index contributed by atoms with van der Waals surface area (Å²) in [4.78, 5) is 49.5. The van der Waals surface area contributed by atoms with Gasteiger partial charge in [0, 0.05) is 5.56 Å². The molecule has 7 nitrogen and oxygen atoms in total. The number of ether oxygens (including phenoxy) is 1. The van der Waals surface area contributed by atoms with Crippen LogP contribution in [0.3, 0.4) is 0 Å². The molecule has 1 aliphatic rings. The average Bonchev–Trinajstić information content (AvgIpc) is 2.84. The van der Waals surface area contributed by atoms with Crippen LogP contribution < -0.4 is 5.32 Å². The second-order valence-corrected chi connectivity index (χ2v) is 7.21. The molecular formula is C20H26N2O5. The molecule has 7 heteroatoms. The monoisotopic (exact) mass is 374 g/mol. The number of carbonyl (C=O) groups is 4. The molecule has 0 aliphatic carbocycles. The molecule has 1 saturated heterocycles. The number of nitrogens with one attached hydrogen (secondary N) is 1. The molecule has 1 fully saturated rings. The van der Waals surface area contributed by atoms with Gasteiger partial charge in [0.05, 0.1) is 0 Å². The van der Waals surface area contributed by atoms with Crippen LogP contribution >= 0.6 is 0 Å². The number of hydrogen-bond donors (Lipinski definition) is 1. The Kier molecular flexibility index (Phi) is 5.73. The molecule has 27 heavy (non-hydrogen) atoms. The van der Waals surface area contributed by atoms with Crippen molar-refractivity contribution in [1.82, 2.24) is 10.2 Å². The van der Waals surface area contributed by atoms with Crippen molar-refractivity contribution in [2.24, 2.45) is 0 Å². The van der Waals surface area contributed by atoms with Crippen molar-refractivity contribution in [3.63, 3.8) is 0 Å². The zero-order valence-electron chi connectivity index (χ0n) is 16.7. The van der Waals surface area contributed by atoms with Gasteiger partial charge in [-0.2, -0.15) is 0 Å². The molecule has 0 spiro atoms. The van der Waals surface area contributed by atoms with Gasteiger partial charge in [0.15, 0.2) is 6.61 Å². The molecule has 1 aromatic carbocycles. The second-order valence-electron chi connectivity index (χ2n) is 7.21. The minimum Gasteiger partial charge on any atom is -0.456 e. The van der Waals surface area contributed by atoms with E-state index in [2.05, 4.69) is 5.32 Å². The molecule has 0 saturated carbocycles. The van der Waals surface area contributed by atoms with E-state index in [1.165, 1.54) is 0 Å². The van der Waals surface area contributed by atoms with Crippen LogP contribution in [0.15, 0.2) is 6.07 Å². The fourth-order valence-electron chi connectivity index (χ4n) is 3.03. The maximum Gasteiger partial charge on any atom is 0.326 e. The van der Waals surface area contributed by atoms with Crippen LogP contribution in [0.4, 0.5) is 4.79 Å². The minimum atomic E-state index is -1.01. The molecule has 1 N–H and O–H groups in total. The van der Waals surface area contributed by atoms with Gasteiger partial charge in [0.25, 0.3) is 5.91 Å². The molecule has 2 rings (SSSR count). The molecule has 1 unspecified atom stereocenters. The standard InChI is InChI=1S/C20H26N2O5/c1-7-20(6)18(25)22(19(26)21-20)9-17(24)27-10-16(23)15-8-11(2)12(3)13(4)14(15)5/h8H,7,9-10H2,1-6H3,(H,21,26). The van der Waals surface area contributed by atoms with Crippen LogP contribution in [0.1, 0.15) is 52.9 Å². The van der Waals surface area contributed by atoms with Crippen LogP contribution in [0.25, 0.3) is 0 Å². The Labute approximate surface area is 159 Å². The Balaban J connectivity index is 2.02. The maximum absolute atomic E-state index is 12.5. The summed E-state index contributed by atoms with van der Waals surface area (Å²) in [5, 5.41) is 2.56. The first kappa shape index (κ1) is 20.6. The lowest BCUT2D eigenvalue weighted by molar-refractivity contribution is -0.146. The van der Waals surface area contributed by atoms with Crippen LogP contribution in [0, 0.1) is 27.7 Å². The summed E-state index contributed by atoms with van der Waals surface area (Å²) in [5.41, 5.74) is 3.50. The minimum absolute atomic E-state index is 0.317. The number of amides is 3. The first-order valence-corrected chi connectivity index (χ1v) is 8.92. The average molecular weight is 374 g/mol. The number of imide groups is 1. The van der Waals surface area contributed by atoms with E-state index in [4.69, 9.17) is 4.74 Å². The van der Waals surface area contributed by atoms with Crippen LogP contribution in [0.5, 0.6) is 0 Å². The Morgan fingerprint density at radius 2 is 1.74 bits per heavy atom. The molecular weight excluding hydrogens is 348 g/mol. The molecule has 1 aliphatic heterocycles. The lowest BCUT2D eigenvalue weighted by atomic mass is 9.93. The predicted octanol–water partition coefficient (Wildman–Crippen LogP) is 2.37. The van der Waals surface area contributed by atoms with Crippen molar-refractivity contribution in [2.45, 2.75) is 53.5 Å². The third kappa shape index (κ3) is 3.86. The second kappa shape index (κ2) is 7.50. The smallest absolute Gasteiger partial charge is 0.326 e. The van der Waals surface area contributed by atoms with Crippen LogP contribution in [-0.4, -0.2) is 47.3 Å². The predicted molar refractivity (Wildman–Crippen MR) is 99.6 cm³/mol. The number of benzene rings is 1. The van der Waals surface area contributed by atoms with Crippen LogP contribution in [-0.2, 0) is 14.3 Å². The lowest BCUT2D eigenvalue weighted by Gasteiger charge is -2.19. The summed E-state index contributed by atoms with van der Waals surface area (Å²) >= 11 is 0. The molecule has 0 aromatic heterocycles. The number of carbonyl (C=O) groups excluding carboxylic acids is 4. The van der Waals surface area contributed by atoms with Gasteiger partial charge in [-0.25, -0.2) is 4.79 Å². The van der Waals surface area contributed by atoms with E-state index in [1.54, 1.807) is 19.9 Å². The largest absolute Gasteiger partial charge is 0.456 e. The number of urea groups is 1. The zero-order chi connectivity index (χ0) is 20.5. The van der Waals surface area contributed by atoms with E-state index in [1.807, 2.05) is 27.7 Å². The van der Waals surface area contributed by atoms with Crippen molar-refractivity contribution < 1.29 is 23.9 Å². The SMILES string of the molecule is CCC1(C)NC(=O)N(CC(=O)OCC(=O)c2cc(C)c(C)c(C)c2C)C1=O.